The van der Waals surface area contributed by atoms with Gasteiger partial charge in [-0.05, 0) is 25.7 Å². The van der Waals surface area contributed by atoms with Crippen LogP contribution in [-0.4, -0.2) is 93.4 Å². The maximum Gasteiger partial charge on any atom is 0.327 e. The van der Waals surface area contributed by atoms with Gasteiger partial charge in [-0.25, -0.2) is 4.79 Å². The van der Waals surface area contributed by atoms with E-state index < -0.39 is 79.1 Å². The molecule has 0 aliphatic heterocycles. The largest absolute Gasteiger partial charge is 0.481 e. The lowest BCUT2D eigenvalue weighted by atomic mass is 10.1. The number of carboxylic acid groups (broad SMARTS) is 3. The molecule has 4 unspecified atom stereocenters. The molecule has 12 N–H and O–H groups in total. The number of rotatable bonds is 18. The molecule has 0 aromatic heterocycles. The minimum atomic E-state index is -1.49. The fourth-order valence-electron chi connectivity index (χ4n) is 2.73. The molecule has 17 heteroatoms. The Labute approximate surface area is 211 Å². The number of carboxylic acids is 3. The van der Waals surface area contributed by atoms with Gasteiger partial charge in [0.1, 0.15) is 18.1 Å². The molecule has 0 spiro atoms. The standard InChI is InChI=1S/C19H33N7O9S/c20-9(2-1-7-23-19(21)22)15(31)24-10(3-5-13(27)28)16(32)25-11(4-6-14(29)30)17(33)26-12(8-36)18(34)35/h9-12,36H,1-8,20H2,(H,24,31)(H,25,32)(H,26,33)(H,27,28)(H,29,30)(H,34,35)(H4,21,22,23). The van der Waals surface area contributed by atoms with Gasteiger partial charge >= 0.3 is 17.9 Å². The van der Waals surface area contributed by atoms with Gasteiger partial charge in [0.05, 0.1) is 6.04 Å². The van der Waals surface area contributed by atoms with Gasteiger partial charge in [-0.15, -0.1) is 0 Å². The molecular weight excluding hydrogens is 502 g/mol. The van der Waals surface area contributed by atoms with Gasteiger partial charge in [-0.2, -0.15) is 12.6 Å². The molecule has 0 saturated carbocycles. The molecule has 0 saturated heterocycles. The second kappa shape index (κ2) is 16.9. The fraction of sp³-hybridized carbons (Fsp3) is 0.632. The van der Waals surface area contributed by atoms with Crippen LogP contribution in [-0.2, 0) is 28.8 Å². The van der Waals surface area contributed by atoms with Crippen LogP contribution in [0.5, 0.6) is 0 Å². The number of carbonyl (C=O) groups is 6. The third-order valence-electron chi connectivity index (χ3n) is 4.66. The first-order valence-electron chi connectivity index (χ1n) is 10.8. The Balaban J connectivity index is 5.46. The Morgan fingerprint density at radius 3 is 1.58 bits per heavy atom. The van der Waals surface area contributed by atoms with Crippen molar-refractivity contribution in [1.29, 1.82) is 0 Å². The second-order valence-corrected chi connectivity index (χ2v) is 7.99. The lowest BCUT2D eigenvalue weighted by Gasteiger charge is -2.24. The summed E-state index contributed by atoms with van der Waals surface area (Å²) in [5.41, 5.74) is 16.2. The number of aliphatic imine (C=N–C) groups is 1. The molecule has 0 heterocycles. The van der Waals surface area contributed by atoms with Gasteiger partial charge in [0.25, 0.3) is 0 Å². The first-order valence-corrected chi connectivity index (χ1v) is 11.4. The van der Waals surface area contributed by atoms with E-state index in [-0.39, 0.29) is 31.1 Å². The third-order valence-corrected chi connectivity index (χ3v) is 5.03. The Kier molecular flexibility index (Phi) is 15.2. The monoisotopic (exact) mass is 535 g/mol. The highest BCUT2D eigenvalue weighted by atomic mass is 32.1. The van der Waals surface area contributed by atoms with Crippen molar-refractivity contribution in [2.45, 2.75) is 62.7 Å². The van der Waals surface area contributed by atoms with Crippen LogP contribution in [0.2, 0.25) is 0 Å². The number of guanidine groups is 1. The molecule has 0 bridgehead atoms. The van der Waals surface area contributed by atoms with Crippen LogP contribution in [0.15, 0.2) is 4.99 Å². The highest BCUT2D eigenvalue weighted by Crippen LogP contribution is 2.05. The smallest absolute Gasteiger partial charge is 0.327 e. The first kappa shape index (κ1) is 32.4. The molecule has 3 amide bonds. The lowest BCUT2D eigenvalue weighted by molar-refractivity contribution is -0.142. The summed E-state index contributed by atoms with van der Waals surface area (Å²) in [5, 5.41) is 33.7. The van der Waals surface area contributed by atoms with E-state index in [0.29, 0.717) is 6.42 Å². The zero-order chi connectivity index (χ0) is 27.8. The molecule has 0 aliphatic carbocycles. The SMILES string of the molecule is NC(N)=NCCCC(N)C(=O)NC(CCC(=O)O)C(=O)NC(CCC(=O)O)C(=O)NC(CS)C(=O)O. The van der Waals surface area contributed by atoms with Crippen molar-refractivity contribution < 1.29 is 44.1 Å². The maximum absolute atomic E-state index is 12.8. The molecule has 4 atom stereocenters. The van der Waals surface area contributed by atoms with E-state index in [9.17, 15) is 28.8 Å². The predicted molar refractivity (Wildman–Crippen MR) is 129 cm³/mol. The molecule has 0 radical (unpaired) electrons. The van der Waals surface area contributed by atoms with E-state index >= 15 is 0 Å². The molecule has 0 aliphatic rings. The van der Waals surface area contributed by atoms with E-state index in [2.05, 4.69) is 33.6 Å². The number of hydrogen-bond acceptors (Lipinski definition) is 9. The second-order valence-electron chi connectivity index (χ2n) is 7.62. The van der Waals surface area contributed by atoms with Crippen LogP contribution in [0.4, 0.5) is 0 Å². The number of thiol groups is 1. The van der Waals surface area contributed by atoms with Crippen molar-refractivity contribution in [3.05, 3.63) is 0 Å². The summed E-state index contributed by atoms with van der Waals surface area (Å²) in [6, 6.07) is -5.42. The fourth-order valence-corrected chi connectivity index (χ4v) is 2.98. The summed E-state index contributed by atoms with van der Waals surface area (Å²) >= 11 is 3.82. The number of nitrogens with zero attached hydrogens (tertiary/aromatic N) is 1. The average molecular weight is 536 g/mol. The summed E-state index contributed by atoms with van der Waals surface area (Å²) in [6.07, 6.45) is -1.37. The van der Waals surface area contributed by atoms with Crippen LogP contribution in [0.3, 0.4) is 0 Å². The summed E-state index contributed by atoms with van der Waals surface area (Å²) < 4.78 is 0. The van der Waals surface area contributed by atoms with Gasteiger partial charge in [-0.1, -0.05) is 0 Å². The normalized spacial score (nSPS) is 13.8. The van der Waals surface area contributed by atoms with Crippen molar-refractivity contribution in [3.63, 3.8) is 0 Å². The molecule has 36 heavy (non-hydrogen) atoms. The average Bonchev–Trinajstić information content (AvgIpc) is 2.79. The van der Waals surface area contributed by atoms with Crippen LogP contribution < -0.4 is 33.2 Å². The summed E-state index contributed by atoms with van der Waals surface area (Å²) in [4.78, 5) is 74.7. The van der Waals surface area contributed by atoms with Gasteiger partial charge in [0.2, 0.25) is 17.7 Å². The van der Waals surface area contributed by atoms with Gasteiger partial charge in [-0.3, -0.25) is 29.0 Å². The van der Waals surface area contributed by atoms with Crippen LogP contribution >= 0.6 is 12.6 Å². The Morgan fingerprint density at radius 2 is 1.19 bits per heavy atom. The molecule has 0 fully saturated rings. The molecule has 204 valence electrons. The van der Waals surface area contributed by atoms with E-state index in [1.807, 2.05) is 0 Å². The van der Waals surface area contributed by atoms with Crippen molar-refractivity contribution in [3.8, 4) is 0 Å². The van der Waals surface area contributed by atoms with Crippen molar-refractivity contribution in [1.82, 2.24) is 16.0 Å². The zero-order valence-corrected chi connectivity index (χ0v) is 20.3. The number of nitrogens with two attached hydrogens (primary N) is 3. The quantitative estimate of drug-likeness (QED) is 0.0355. The molecular formula is C19H33N7O9S. The van der Waals surface area contributed by atoms with E-state index in [0.717, 1.165) is 0 Å². The number of amides is 3. The number of aliphatic carboxylic acids is 3. The summed E-state index contributed by atoms with van der Waals surface area (Å²) in [5.74, 6) is -7.12. The highest BCUT2D eigenvalue weighted by molar-refractivity contribution is 7.80. The molecule has 0 aromatic carbocycles. The van der Waals surface area contributed by atoms with E-state index in [4.69, 9.17) is 32.5 Å². The Hall–Kier alpha value is -3.60. The molecule has 0 aromatic rings. The van der Waals surface area contributed by atoms with Gasteiger partial charge in [0.15, 0.2) is 5.96 Å². The number of carbonyl (C=O) groups excluding carboxylic acids is 3. The lowest BCUT2D eigenvalue weighted by Crippen LogP contribution is -2.57. The van der Waals surface area contributed by atoms with Crippen LogP contribution in [0.25, 0.3) is 0 Å². The Bertz CT molecular complexity index is 836. The number of nitrogens with one attached hydrogen (secondary N) is 3. The van der Waals surface area contributed by atoms with Gasteiger partial charge < -0.3 is 48.5 Å². The van der Waals surface area contributed by atoms with E-state index in [1.165, 1.54) is 0 Å². The minimum absolute atomic E-state index is 0.135. The van der Waals surface area contributed by atoms with Crippen LogP contribution in [0.1, 0.15) is 38.5 Å². The van der Waals surface area contributed by atoms with Crippen LogP contribution in [0, 0.1) is 0 Å². The van der Waals surface area contributed by atoms with Crippen molar-refractivity contribution >= 4 is 54.2 Å². The minimum Gasteiger partial charge on any atom is -0.481 e. The maximum atomic E-state index is 12.8. The summed E-state index contributed by atoms with van der Waals surface area (Å²) in [7, 11) is 0. The zero-order valence-electron chi connectivity index (χ0n) is 19.4. The molecule has 0 rings (SSSR count). The molecule has 16 nitrogen and oxygen atoms in total. The first-order chi connectivity index (χ1) is 16.8. The van der Waals surface area contributed by atoms with Gasteiger partial charge in [0, 0.05) is 25.1 Å². The summed E-state index contributed by atoms with van der Waals surface area (Å²) in [6.45, 7) is 0.205. The van der Waals surface area contributed by atoms with Crippen molar-refractivity contribution in [2.24, 2.45) is 22.2 Å². The predicted octanol–water partition coefficient (Wildman–Crippen LogP) is -3.43. The number of hydrogen-bond donors (Lipinski definition) is 10. The highest BCUT2D eigenvalue weighted by Gasteiger charge is 2.30. The Morgan fingerprint density at radius 1 is 0.750 bits per heavy atom. The topological polar surface area (TPSA) is 290 Å². The van der Waals surface area contributed by atoms with Crippen molar-refractivity contribution in [2.75, 3.05) is 12.3 Å². The third kappa shape index (κ3) is 14.0. The van der Waals surface area contributed by atoms with E-state index in [1.54, 1.807) is 0 Å².